The molecule has 3 heterocycles. The van der Waals surface area contributed by atoms with Gasteiger partial charge in [-0.1, -0.05) is 48.0 Å². The first kappa shape index (κ1) is 24.6. The fourth-order valence-electron chi connectivity index (χ4n) is 4.75. The number of pyridine rings is 2. The van der Waals surface area contributed by atoms with E-state index in [4.69, 9.17) is 15.5 Å². The number of nitrogens with two attached hydrogens (primary N) is 1. The summed E-state index contributed by atoms with van der Waals surface area (Å²) in [5, 5.41) is 4.73. The van der Waals surface area contributed by atoms with Gasteiger partial charge in [0, 0.05) is 22.0 Å². The van der Waals surface area contributed by atoms with E-state index in [0.717, 1.165) is 55.7 Å². The molecule has 7 heteroatoms. The van der Waals surface area contributed by atoms with E-state index < -0.39 is 0 Å². The largest absolute Gasteiger partial charge is 0.497 e. The van der Waals surface area contributed by atoms with E-state index >= 15 is 0 Å². The number of hydrogen-bond acceptors (Lipinski definition) is 6. The number of anilines is 2. The van der Waals surface area contributed by atoms with Crippen LogP contribution in [-0.2, 0) is 0 Å². The van der Waals surface area contributed by atoms with Crippen molar-refractivity contribution in [1.82, 2.24) is 9.97 Å². The summed E-state index contributed by atoms with van der Waals surface area (Å²) in [6.07, 6.45) is 0. The van der Waals surface area contributed by atoms with Gasteiger partial charge in [-0.05, 0) is 67.4 Å². The molecule has 6 aromatic rings. The van der Waals surface area contributed by atoms with Crippen LogP contribution in [0.5, 0.6) is 5.75 Å². The first-order chi connectivity index (χ1) is 18.9. The molecule has 0 saturated heterocycles. The Morgan fingerprint density at radius 2 is 1.62 bits per heavy atom. The van der Waals surface area contributed by atoms with Gasteiger partial charge in [0.2, 0.25) is 0 Å². The Morgan fingerprint density at radius 1 is 0.897 bits per heavy atom. The number of aromatic nitrogens is 2. The topological polar surface area (TPSA) is 90.1 Å². The summed E-state index contributed by atoms with van der Waals surface area (Å²) in [6, 6.07) is 27.7. The number of rotatable bonds is 5. The van der Waals surface area contributed by atoms with Crippen LogP contribution >= 0.6 is 11.3 Å². The third-order valence-electron chi connectivity index (χ3n) is 6.75. The van der Waals surface area contributed by atoms with Crippen molar-refractivity contribution in [3.05, 3.63) is 101 Å². The number of amides is 1. The Labute approximate surface area is 230 Å². The molecule has 192 valence electrons. The van der Waals surface area contributed by atoms with Crippen LogP contribution in [0.25, 0.3) is 43.5 Å². The molecule has 3 aromatic heterocycles. The maximum atomic E-state index is 13.6. The van der Waals surface area contributed by atoms with Gasteiger partial charge in [-0.2, -0.15) is 0 Å². The van der Waals surface area contributed by atoms with Crippen LogP contribution in [0.3, 0.4) is 0 Å². The molecule has 0 saturated carbocycles. The van der Waals surface area contributed by atoms with Gasteiger partial charge in [0.25, 0.3) is 5.91 Å². The minimum Gasteiger partial charge on any atom is -0.497 e. The number of carbonyl (C=O) groups excluding carboxylic acids is 1. The van der Waals surface area contributed by atoms with Crippen LogP contribution in [-0.4, -0.2) is 23.0 Å². The minimum atomic E-state index is -0.271. The summed E-state index contributed by atoms with van der Waals surface area (Å²) >= 11 is 1.30. The lowest BCUT2D eigenvalue weighted by molar-refractivity contribution is 0.103. The molecule has 6 rings (SSSR count). The van der Waals surface area contributed by atoms with Gasteiger partial charge < -0.3 is 15.8 Å². The quantitative estimate of drug-likeness (QED) is 0.239. The monoisotopic (exact) mass is 530 g/mol. The predicted molar refractivity (Wildman–Crippen MR) is 161 cm³/mol. The summed E-state index contributed by atoms with van der Waals surface area (Å²) in [4.78, 5) is 24.3. The molecule has 0 aliphatic carbocycles. The molecule has 0 spiro atoms. The van der Waals surface area contributed by atoms with Gasteiger partial charge in [0.05, 0.1) is 29.7 Å². The zero-order valence-corrected chi connectivity index (χ0v) is 22.6. The fourth-order valence-corrected chi connectivity index (χ4v) is 5.77. The highest BCUT2D eigenvalue weighted by Crippen LogP contribution is 2.42. The van der Waals surface area contributed by atoms with Crippen LogP contribution in [0.1, 0.15) is 20.9 Å². The summed E-state index contributed by atoms with van der Waals surface area (Å²) < 4.78 is 5.32. The Bertz CT molecular complexity index is 1860. The summed E-state index contributed by atoms with van der Waals surface area (Å²) in [6.45, 7) is 3.97. The van der Waals surface area contributed by atoms with Crippen molar-refractivity contribution in [3.8, 4) is 28.1 Å². The van der Waals surface area contributed by atoms with Crippen LogP contribution in [0.15, 0.2) is 84.9 Å². The number of aryl methyl sites for hydroxylation is 2. The Balaban J connectivity index is 1.49. The zero-order valence-electron chi connectivity index (χ0n) is 21.8. The number of nitrogens with zero attached hydrogens (tertiary/aromatic N) is 2. The first-order valence-electron chi connectivity index (χ1n) is 12.5. The lowest BCUT2D eigenvalue weighted by Crippen LogP contribution is -2.12. The van der Waals surface area contributed by atoms with Gasteiger partial charge in [0.1, 0.15) is 15.5 Å². The number of ether oxygens (including phenoxy) is 1. The number of nitrogen functional groups attached to an aromatic ring is 1. The van der Waals surface area contributed by atoms with Crippen molar-refractivity contribution >= 4 is 49.7 Å². The van der Waals surface area contributed by atoms with Crippen molar-refractivity contribution < 1.29 is 9.53 Å². The van der Waals surface area contributed by atoms with E-state index in [2.05, 4.69) is 41.5 Å². The second-order valence-corrected chi connectivity index (χ2v) is 10.5. The molecule has 6 nitrogen and oxygen atoms in total. The molecule has 3 N–H and O–H groups in total. The number of methoxy groups -OCH3 is 1. The number of carbonyl (C=O) groups is 1. The lowest BCUT2D eigenvalue weighted by Gasteiger charge is -2.10. The smallest absolute Gasteiger partial charge is 0.267 e. The van der Waals surface area contributed by atoms with Gasteiger partial charge in [-0.15, -0.1) is 11.3 Å². The second kappa shape index (κ2) is 9.85. The standard InChI is InChI=1S/C32H26N4O2S/c1-18-8-10-20(11-9-18)24-17-26(21-12-14-22(38-3)15-13-21)36-32-28(24)29(33)30(39-32)31(37)35-27-16-19(2)34-25-7-5-4-6-23(25)27/h4-17H,33H2,1-3H3,(H,34,35,37). The molecule has 0 fully saturated rings. The highest BCUT2D eigenvalue weighted by Gasteiger charge is 2.22. The van der Waals surface area contributed by atoms with Crippen molar-refractivity contribution in [1.29, 1.82) is 0 Å². The highest BCUT2D eigenvalue weighted by atomic mass is 32.1. The lowest BCUT2D eigenvalue weighted by atomic mass is 9.98. The number of nitrogens with one attached hydrogen (secondary N) is 1. The number of fused-ring (bicyclic) bond motifs is 2. The van der Waals surface area contributed by atoms with E-state index in [1.54, 1.807) is 7.11 Å². The molecule has 3 aromatic carbocycles. The predicted octanol–water partition coefficient (Wildman–Crippen LogP) is 7.64. The molecule has 39 heavy (non-hydrogen) atoms. The molecule has 0 unspecified atom stereocenters. The average Bonchev–Trinajstić information content (AvgIpc) is 3.29. The summed E-state index contributed by atoms with van der Waals surface area (Å²) in [7, 11) is 1.64. The van der Waals surface area contributed by atoms with Crippen molar-refractivity contribution in [2.75, 3.05) is 18.2 Å². The molecular weight excluding hydrogens is 504 g/mol. The van der Waals surface area contributed by atoms with E-state index in [9.17, 15) is 4.79 Å². The SMILES string of the molecule is COc1ccc(-c2cc(-c3ccc(C)cc3)c3c(N)c(C(=O)Nc4cc(C)nc5ccccc45)sc3n2)cc1. The van der Waals surface area contributed by atoms with E-state index in [-0.39, 0.29) is 5.91 Å². The molecule has 0 radical (unpaired) electrons. The minimum absolute atomic E-state index is 0.271. The van der Waals surface area contributed by atoms with Gasteiger partial charge in [0.15, 0.2) is 0 Å². The number of thiophene rings is 1. The molecule has 0 atom stereocenters. The summed E-state index contributed by atoms with van der Waals surface area (Å²) in [5.41, 5.74) is 14.3. The third kappa shape index (κ3) is 4.57. The summed E-state index contributed by atoms with van der Waals surface area (Å²) in [5.74, 6) is 0.504. The maximum absolute atomic E-state index is 13.6. The van der Waals surface area contributed by atoms with E-state index in [1.807, 2.05) is 67.6 Å². The average molecular weight is 531 g/mol. The molecule has 0 aliphatic heterocycles. The normalized spacial score (nSPS) is 11.2. The molecule has 0 bridgehead atoms. The second-order valence-electron chi connectivity index (χ2n) is 9.46. The third-order valence-corrected chi connectivity index (χ3v) is 7.84. The molecule has 1 amide bonds. The first-order valence-corrected chi connectivity index (χ1v) is 13.3. The van der Waals surface area contributed by atoms with Crippen LogP contribution < -0.4 is 15.8 Å². The Morgan fingerprint density at radius 3 is 2.36 bits per heavy atom. The van der Waals surface area contributed by atoms with Gasteiger partial charge in [-0.25, -0.2) is 4.98 Å². The van der Waals surface area contributed by atoms with Gasteiger partial charge >= 0.3 is 0 Å². The van der Waals surface area contributed by atoms with E-state index in [0.29, 0.717) is 21.1 Å². The number of hydrogen-bond donors (Lipinski definition) is 2. The molecular formula is C32H26N4O2S. The Hall–Kier alpha value is -4.75. The van der Waals surface area contributed by atoms with Crippen molar-refractivity contribution in [2.24, 2.45) is 0 Å². The molecule has 0 aliphatic rings. The van der Waals surface area contributed by atoms with Crippen molar-refractivity contribution in [2.45, 2.75) is 13.8 Å². The van der Waals surface area contributed by atoms with Crippen LogP contribution in [0.4, 0.5) is 11.4 Å². The van der Waals surface area contributed by atoms with Crippen LogP contribution in [0.2, 0.25) is 0 Å². The van der Waals surface area contributed by atoms with Gasteiger partial charge in [-0.3, -0.25) is 9.78 Å². The fraction of sp³-hybridized carbons (Fsp3) is 0.0938. The maximum Gasteiger partial charge on any atom is 0.267 e. The number of para-hydroxylation sites is 1. The van der Waals surface area contributed by atoms with Crippen LogP contribution in [0, 0.1) is 13.8 Å². The zero-order chi connectivity index (χ0) is 27.1. The Kier molecular flexibility index (Phi) is 6.21. The van der Waals surface area contributed by atoms with Crippen molar-refractivity contribution in [3.63, 3.8) is 0 Å². The number of benzene rings is 3. The highest BCUT2D eigenvalue weighted by molar-refractivity contribution is 7.21. The van der Waals surface area contributed by atoms with E-state index in [1.165, 1.54) is 11.3 Å².